The number of hydrogen-bond acceptors (Lipinski definition) is 4. The van der Waals surface area contributed by atoms with Gasteiger partial charge < -0.3 is 10.5 Å². The van der Waals surface area contributed by atoms with E-state index in [1.807, 2.05) is 29.4 Å². The third-order valence-electron chi connectivity index (χ3n) is 3.32. The van der Waals surface area contributed by atoms with Crippen molar-refractivity contribution in [2.24, 2.45) is 5.73 Å². The van der Waals surface area contributed by atoms with Gasteiger partial charge in [0.05, 0.1) is 18.9 Å². The maximum Gasteiger partial charge on any atom is 0.0876 e. The Kier molecular flexibility index (Phi) is 3.45. The number of rotatable bonds is 2. The number of aryl methyl sites for hydroxylation is 1. The molecule has 0 amide bonds. The van der Waals surface area contributed by atoms with Crippen LogP contribution < -0.4 is 5.73 Å². The smallest absolute Gasteiger partial charge is 0.0876 e. The maximum atomic E-state index is 6.34. The molecule has 2 N–H and O–H groups in total. The quantitative estimate of drug-likeness (QED) is 0.893. The highest BCUT2D eigenvalue weighted by Gasteiger charge is 2.20. The van der Waals surface area contributed by atoms with Crippen LogP contribution in [0, 0.1) is 0 Å². The third-order valence-corrected chi connectivity index (χ3v) is 5.64. The molecule has 1 unspecified atom stereocenters. The highest BCUT2D eigenvalue weighted by Crippen LogP contribution is 2.36. The predicted molar refractivity (Wildman–Crippen MR) is 74.4 cm³/mol. The van der Waals surface area contributed by atoms with E-state index >= 15 is 0 Å². The van der Waals surface area contributed by atoms with Crippen molar-refractivity contribution in [3.8, 4) is 0 Å². The number of thioether (sulfide) groups is 1. The highest BCUT2D eigenvalue weighted by molar-refractivity contribution is 7.98. The number of hydrogen-bond donors (Lipinski definition) is 1. The van der Waals surface area contributed by atoms with E-state index in [-0.39, 0.29) is 6.04 Å². The molecule has 4 heteroatoms. The molecule has 0 radical (unpaired) electrons. The van der Waals surface area contributed by atoms with Gasteiger partial charge in [-0.2, -0.15) is 11.8 Å². The monoisotopic (exact) mass is 267 g/mol. The summed E-state index contributed by atoms with van der Waals surface area (Å²) in [4.78, 5) is 2.86. The Morgan fingerprint density at radius 1 is 1.35 bits per heavy atom. The summed E-state index contributed by atoms with van der Waals surface area (Å²) in [6.45, 7) is 0.841. The minimum absolute atomic E-state index is 0.0518. The van der Waals surface area contributed by atoms with Gasteiger partial charge in [0.15, 0.2) is 0 Å². The van der Waals surface area contributed by atoms with Crippen LogP contribution in [0.25, 0.3) is 0 Å². The van der Waals surface area contributed by atoms with Gasteiger partial charge in [-0.3, -0.25) is 0 Å². The zero-order valence-corrected chi connectivity index (χ0v) is 11.4. The van der Waals surface area contributed by atoms with Crippen LogP contribution in [0.3, 0.4) is 0 Å². The summed E-state index contributed by atoms with van der Waals surface area (Å²) in [5, 5.41) is 0. The van der Waals surface area contributed by atoms with E-state index in [1.165, 1.54) is 28.2 Å². The lowest BCUT2D eigenvalue weighted by Gasteiger charge is -2.18. The summed E-state index contributed by atoms with van der Waals surface area (Å²) in [6, 6.07) is 2.36. The fraction of sp³-hybridized carbons (Fsp3) is 0.538. The van der Waals surface area contributed by atoms with E-state index in [2.05, 4.69) is 6.07 Å². The van der Waals surface area contributed by atoms with Crippen LogP contribution in [0.15, 0.2) is 17.9 Å². The van der Waals surface area contributed by atoms with Crippen molar-refractivity contribution < 1.29 is 4.74 Å². The van der Waals surface area contributed by atoms with E-state index in [9.17, 15) is 0 Å². The third kappa shape index (κ3) is 2.39. The van der Waals surface area contributed by atoms with Crippen LogP contribution in [0.1, 0.15) is 34.2 Å². The molecule has 17 heavy (non-hydrogen) atoms. The molecular weight excluding hydrogens is 250 g/mol. The second-order valence-corrected chi connectivity index (χ2v) is 6.82. The molecular formula is C13H17NOS2. The van der Waals surface area contributed by atoms with Crippen molar-refractivity contribution in [2.45, 2.75) is 31.1 Å². The second kappa shape index (κ2) is 5.04. The molecule has 0 saturated carbocycles. The van der Waals surface area contributed by atoms with Gasteiger partial charge in [-0.15, -0.1) is 11.3 Å². The molecule has 0 spiro atoms. The first-order valence-electron chi connectivity index (χ1n) is 6.10. The highest BCUT2D eigenvalue weighted by atomic mass is 32.2. The summed E-state index contributed by atoms with van der Waals surface area (Å²) in [7, 11) is 0. The van der Waals surface area contributed by atoms with Crippen molar-refractivity contribution >= 4 is 23.1 Å². The molecule has 3 heterocycles. The molecule has 2 aliphatic heterocycles. The molecule has 2 nitrogen and oxygen atoms in total. The Labute approximate surface area is 110 Å². The predicted octanol–water partition coefficient (Wildman–Crippen LogP) is 3.23. The molecule has 0 aromatic carbocycles. The number of nitrogens with two attached hydrogens (primary N) is 1. The van der Waals surface area contributed by atoms with Gasteiger partial charge in [0, 0.05) is 15.5 Å². The molecule has 1 aromatic heterocycles. The number of fused-ring (bicyclic) bond motifs is 1. The minimum atomic E-state index is 0.0518. The van der Waals surface area contributed by atoms with Crippen molar-refractivity contribution in [3.05, 3.63) is 33.2 Å². The molecule has 0 saturated heterocycles. The summed E-state index contributed by atoms with van der Waals surface area (Å²) in [5.74, 6) is 2.42. The first-order valence-corrected chi connectivity index (χ1v) is 8.07. The second-order valence-electron chi connectivity index (χ2n) is 4.54. The Morgan fingerprint density at radius 3 is 3.06 bits per heavy atom. The summed E-state index contributed by atoms with van der Waals surface area (Å²) < 4.78 is 5.39. The van der Waals surface area contributed by atoms with Crippen LogP contribution in [0.4, 0.5) is 0 Å². The van der Waals surface area contributed by atoms with Crippen LogP contribution in [0.2, 0.25) is 0 Å². The molecule has 3 rings (SSSR count). The lowest BCUT2D eigenvalue weighted by molar-refractivity contribution is 0.221. The van der Waals surface area contributed by atoms with Crippen molar-refractivity contribution in [3.63, 3.8) is 0 Å². The van der Waals surface area contributed by atoms with E-state index < -0.39 is 0 Å². The average molecular weight is 267 g/mol. The maximum absolute atomic E-state index is 6.34. The molecule has 0 bridgehead atoms. The van der Waals surface area contributed by atoms with Gasteiger partial charge >= 0.3 is 0 Å². The first-order chi connectivity index (χ1) is 8.34. The lowest BCUT2D eigenvalue weighted by atomic mass is 10.0. The number of ether oxygens (including phenoxy) is 1. The first kappa shape index (κ1) is 11.6. The van der Waals surface area contributed by atoms with Crippen molar-refractivity contribution in [1.82, 2.24) is 0 Å². The average Bonchev–Trinajstić information content (AvgIpc) is 2.82. The van der Waals surface area contributed by atoms with Crippen LogP contribution in [-0.4, -0.2) is 12.4 Å². The Hall–Kier alpha value is -0.450. The Bertz CT molecular complexity index is 415. The van der Waals surface area contributed by atoms with Gasteiger partial charge in [-0.05, 0) is 42.2 Å². The number of thiophene rings is 1. The molecule has 2 aliphatic rings. The largest absolute Gasteiger partial charge is 0.501 e. The molecule has 1 aromatic rings. The van der Waals surface area contributed by atoms with Crippen molar-refractivity contribution in [2.75, 3.05) is 12.4 Å². The van der Waals surface area contributed by atoms with E-state index in [0.29, 0.717) is 0 Å². The van der Waals surface area contributed by atoms with E-state index in [4.69, 9.17) is 10.5 Å². The standard InChI is InChI=1S/C13H17NOS2/c14-13(9-2-1-4-15-7-9)12-6-10-8-16-5-3-11(10)17-12/h6-7,13H,1-5,8,14H2. The Morgan fingerprint density at radius 2 is 2.29 bits per heavy atom. The summed E-state index contributed by atoms with van der Waals surface area (Å²) in [5.41, 5.74) is 9.10. The molecule has 1 atom stereocenters. The van der Waals surface area contributed by atoms with Gasteiger partial charge in [0.25, 0.3) is 0 Å². The topological polar surface area (TPSA) is 35.2 Å². The molecule has 0 fully saturated rings. The van der Waals surface area contributed by atoms with Crippen LogP contribution in [-0.2, 0) is 16.9 Å². The summed E-state index contributed by atoms with van der Waals surface area (Å²) in [6.07, 6.45) is 5.27. The Balaban J connectivity index is 1.83. The van der Waals surface area contributed by atoms with Gasteiger partial charge in [0.2, 0.25) is 0 Å². The van der Waals surface area contributed by atoms with Gasteiger partial charge in [-0.1, -0.05) is 0 Å². The van der Waals surface area contributed by atoms with Crippen molar-refractivity contribution in [1.29, 1.82) is 0 Å². The fourth-order valence-electron chi connectivity index (χ4n) is 2.32. The van der Waals surface area contributed by atoms with E-state index in [0.717, 1.165) is 25.2 Å². The van der Waals surface area contributed by atoms with E-state index in [1.54, 1.807) is 4.88 Å². The van der Waals surface area contributed by atoms with Gasteiger partial charge in [-0.25, -0.2) is 0 Å². The molecule has 92 valence electrons. The SMILES string of the molecule is NC(C1=COCCC1)c1cc2c(s1)CCSC2. The van der Waals surface area contributed by atoms with Gasteiger partial charge in [0.1, 0.15) is 0 Å². The fourth-order valence-corrected chi connectivity index (χ4v) is 4.74. The summed E-state index contributed by atoms with van der Waals surface area (Å²) >= 11 is 3.93. The lowest BCUT2D eigenvalue weighted by Crippen LogP contribution is -2.15. The molecule has 0 aliphatic carbocycles. The van der Waals surface area contributed by atoms with Crippen LogP contribution >= 0.6 is 23.1 Å². The normalized spacial score (nSPS) is 21.4. The zero-order valence-electron chi connectivity index (χ0n) is 9.78. The zero-order chi connectivity index (χ0) is 11.7. The minimum Gasteiger partial charge on any atom is -0.501 e. The van der Waals surface area contributed by atoms with Crippen LogP contribution in [0.5, 0.6) is 0 Å².